The van der Waals surface area contributed by atoms with Gasteiger partial charge in [-0.3, -0.25) is 9.59 Å². The summed E-state index contributed by atoms with van der Waals surface area (Å²) in [5.74, 6) is 0.308. The lowest BCUT2D eigenvalue weighted by atomic mass is 9.66. The van der Waals surface area contributed by atoms with Crippen LogP contribution in [0.15, 0.2) is 0 Å². The second-order valence-corrected chi connectivity index (χ2v) is 7.39. The van der Waals surface area contributed by atoms with Crippen LogP contribution < -0.4 is 0 Å². The highest BCUT2D eigenvalue weighted by molar-refractivity contribution is 5.99. The third-order valence-corrected chi connectivity index (χ3v) is 6.45. The summed E-state index contributed by atoms with van der Waals surface area (Å²) in [6.45, 7) is 0. The SMILES string of the molecule is COC(=O)C(CC1CC2CCC1C2)(C(=O)O)C1CCCC1. The van der Waals surface area contributed by atoms with Gasteiger partial charge in [-0.25, -0.2) is 0 Å². The van der Waals surface area contributed by atoms with E-state index in [1.807, 2.05) is 0 Å². The number of rotatable bonds is 5. The van der Waals surface area contributed by atoms with E-state index in [4.69, 9.17) is 4.74 Å². The molecule has 21 heavy (non-hydrogen) atoms. The van der Waals surface area contributed by atoms with Gasteiger partial charge in [-0.2, -0.15) is 0 Å². The summed E-state index contributed by atoms with van der Waals surface area (Å²) in [5, 5.41) is 9.92. The van der Waals surface area contributed by atoms with Gasteiger partial charge in [0.1, 0.15) is 0 Å². The van der Waals surface area contributed by atoms with Crippen molar-refractivity contribution < 1.29 is 19.4 Å². The van der Waals surface area contributed by atoms with Crippen molar-refractivity contribution >= 4 is 11.9 Å². The molecule has 0 heterocycles. The molecule has 0 saturated heterocycles. The van der Waals surface area contributed by atoms with Crippen LogP contribution >= 0.6 is 0 Å². The Morgan fingerprint density at radius 2 is 1.86 bits per heavy atom. The Labute approximate surface area is 126 Å². The highest BCUT2D eigenvalue weighted by Crippen LogP contribution is 2.55. The Morgan fingerprint density at radius 1 is 1.14 bits per heavy atom. The van der Waals surface area contributed by atoms with Crippen LogP contribution in [0.1, 0.15) is 57.8 Å². The molecule has 0 amide bonds. The highest BCUT2D eigenvalue weighted by Gasteiger charge is 2.57. The van der Waals surface area contributed by atoms with Crippen molar-refractivity contribution in [2.75, 3.05) is 7.11 Å². The third-order valence-electron chi connectivity index (χ3n) is 6.45. The molecular weight excluding hydrogens is 268 g/mol. The van der Waals surface area contributed by atoms with Crippen LogP contribution in [0.2, 0.25) is 0 Å². The van der Waals surface area contributed by atoms with Gasteiger partial charge in [0.15, 0.2) is 5.41 Å². The molecular formula is C17H26O4. The van der Waals surface area contributed by atoms with Crippen LogP contribution in [-0.2, 0) is 14.3 Å². The summed E-state index contributed by atoms with van der Waals surface area (Å²) in [6.07, 6.45) is 9.14. The monoisotopic (exact) mass is 294 g/mol. The number of fused-ring (bicyclic) bond motifs is 2. The lowest BCUT2D eigenvalue weighted by Gasteiger charge is -2.36. The third kappa shape index (κ3) is 2.36. The molecule has 0 radical (unpaired) electrons. The van der Waals surface area contributed by atoms with Gasteiger partial charge in [0.05, 0.1) is 7.11 Å². The molecule has 0 aliphatic heterocycles. The number of carboxylic acid groups (broad SMARTS) is 1. The zero-order chi connectivity index (χ0) is 15.0. The van der Waals surface area contributed by atoms with Crippen molar-refractivity contribution in [3.05, 3.63) is 0 Å². The number of esters is 1. The van der Waals surface area contributed by atoms with Crippen LogP contribution in [-0.4, -0.2) is 24.2 Å². The van der Waals surface area contributed by atoms with Crippen molar-refractivity contribution in [1.82, 2.24) is 0 Å². The normalized spacial score (nSPS) is 34.8. The Bertz CT molecular complexity index is 427. The smallest absolute Gasteiger partial charge is 0.323 e. The van der Waals surface area contributed by atoms with Crippen LogP contribution in [0.25, 0.3) is 0 Å². The van der Waals surface area contributed by atoms with Gasteiger partial charge in [-0.1, -0.05) is 19.3 Å². The fourth-order valence-electron chi connectivity index (χ4n) is 5.41. The van der Waals surface area contributed by atoms with Gasteiger partial charge >= 0.3 is 11.9 Å². The van der Waals surface area contributed by atoms with Gasteiger partial charge < -0.3 is 9.84 Å². The molecule has 3 aliphatic carbocycles. The van der Waals surface area contributed by atoms with Crippen LogP contribution in [0.5, 0.6) is 0 Å². The predicted octanol–water partition coefficient (Wildman–Crippen LogP) is 3.25. The van der Waals surface area contributed by atoms with Crippen molar-refractivity contribution in [1.29, 1.82) is 0 Å². The summed E-state index contributed by atoms with van der Waals surface area (Å²) in [5.41, 5.74) is -1.29. The standard InChI is InChI=1S/C17H26O4/c1-21-16(20)17(15(18)19,14-4-2-3-5-14)10-13-9-11-6-7-12(13)8-11/h11-14H,2-10H2,1H3,(H,18,19). The van der Waals surface area contributed by atoms with E-state index >= 15 is 0 Å². The van der Waals surface area contributed by atoms with E-state index in [0.29, 0.717) is 18.3 Å². The van der Waals surface area contributed by atoms with Gasteiger partial charge in [-0.05, 0) is 62.2 Å². The van der Waals surface area contributed by atoms with Crippen molar-refractivity contribution in [2.45, 2.75) is 57.8 Å². The first-order valence-corrected chi connectivity index (χ1v) is 8.39. The molecule has 3 saturated carbocycles. The minimum Gasteiger partial charge on any atom is -0.480 e. The summed E-state index contributed by atoms with van der Waals surface area (Å²) in [6, 6.07) is 0. The van der Waals surface area contributed by atoms with Crippen molar-refractivity contribution in [2.24, 2.45) is 29.1 Å². The minimum absolute atomic E-state index is 0.0402. The molecule has 0 aromatic heterocycles. The zero-order valence-corrected chi connectivity index (χ0v) is 12.8. The molecule has 4 nitrogen and oxygen atoms in total. The number of hydrogen-bond acceptors (Lipinski definition) is 3. The summed E-state index contributed by atoms with van der Waals surface area (Å²) < 4.78 is 4.96. The molecule has 0 aromatic rings. The van der Waals surface area contributed by atoms with E-state index in [1.165, 1.54) is 26.4 Å². The van der Waals surface area contributed by atoms with Crippen molar-refractivity contribution in [3.63, 3.8) is 0 Å². The Hall–Kier alpha value is -1.06. The number of carboxylic acids is 1. The lowest BCUT2D eigenvalue weighted by Crippen LogP contribution is -2.47. The molecule has 3 rings (SSSR count). The molecule has 4 atom stereocenters. The zero-order valence-electron chi connectivity index (χ0n) is 12.8. The number of carbonyl (C=O) groups is 2. The first kappa shape index (κ1) is 14.9. The lowest BCUT2D eigenvalue weighted by molar-refractivity contribution is -0.174. The number of ether oxygens (including phenoxy) is 1. The maximum Gasteiger partial charge on any atom is 0.323 e. The van der Waals surface area contributed by atoms with E-state index in [2.05, 4.69) is 0 Å². The molecule has 4 heteroatoms. The van der Waals surface area contributed by atoms with E-state index in [1.54, 1.807) is 0 Å². The topological polar surface area (TPSA) is 63.6 Å². The number of aliphatic carboxylic acids is 1. The minimum atomic E-state index is -1.29. The van der Waals surface area contributed by atoms with E-state index in [0.717, 1.165) is 38.0 Å². The van der Waals surface area contributed by atoms with Crippen LogP contribution in [0, 0.1) is 29.1 Å². The number of hydrogen-bond donors (Lipinski definition) is 1. The Morgan fingerprint density at radius 3 is 2.33 bits per heavy atom. The van der Waals surface area contributed by atoms with E-state index in [9.17, 15) is 14.7 Å². The van der Waals surface area contributed by atoms with Gasteiger partial charge in [0.25, 0.3) is 0 Å². The van der Waals surface area contributed by atoms with E-state index in [-0.39, 0.29) is 5.92 Å². The summed E-state index contributed by atoms with van der Waals surface area (Å²) >= 11 is 0. The largest absolute Gasteiger partial charge is 0.480 e. The quantitative estimate of drug-likeness (QED) is 0.624. The summed E-state index contributed by atoms with van der Waals surface area (Å²) in [4.78, 5) is 24.6. The molecule has 4 unspecified atom stereocenters. The second-order valence-electron chi connectivity index (χ2n) is 7.39. The first-order chi connectivity index (χ1) is 10.1. The molecule has 118 valence electrons. The number of methoxy groups -OCH3 is 1. The summed E-state index contributed by atoms with van der Waals surface area (Å²) in [7, 11) is 1.33. The van der Waals surface area contributed by atoms with Crippen molar-refractivity contribution in [3.8, 4) is 0 Å². The van der Waals surface area contributed by atoms with Gasteiger partial charge in [0, 0.05) is 0 Å². The Kier molecular flexibility index (Phi) is 3.98. The van der Waals surface area contributed by atoms with Gasteiger partial charge in [-0.15, -0.1) is 0 Å². The average Bonchev–Trinajstić information content (AvgIpc) is 3.19. The fourth-order valence-corrected chi connectivity index (χ4v) is 5.41. The van der Waals surface area contributed by atoms with Crippen LogP contribution in [0.3, 0.4) is 0 Å². The fraction of sp³-hybridized carbons (Fsp3) is 0.882. The molecule has 3 aliphatic rings. The predicted molar refractivity (Wildman–Crippen MR) is 77.6 cm³/mol. The number of carbonyl (C=O) groups excluding carboxylic acids is 1. The average molecular weight is 294 g/mol. The maximum absolute atomic E-state index is 12.5. The maximum atomic E-state index is 12.5. The van der Waals surface area contributed by atoms with E-state index < -0.39 is 17.4 Å². The molecule has 0 aromatic carbocycles. The molecule has 3 fully saturated rings. The highest BCUT2D eigenvalue weighted by atomic mass is 16.5. The van der Waals surface area contributed by atoms with Crippen LogP contribution in [0.4, 0.5) is 0 Å². The molecule has 1 N–H and O–H groups in total. The Balaban J connectivity index is 1.86. The second kappa shape index (κ2) is 5.62. The molecule has 2 bridgehead atoms. The molecule has 0 spiro atoms. The van der Waals surface area contributed by atoms with Gasteiger partial charge in [0.2, 0.25) is 0 Å². The first-order valence-electron chi connectivity index (χ1n) is 8.39.